The first-order valence-electron chi connectivity index (χ1n) is 10.3. The summed E-state index contributed by atoms with van der Waals surface area (Å²) in [6, 6.07) is 24.0. The Kier molecular flexibility index (Phi) is 7.65. The molecule has 0 spiro atoms. The number of anilines is 3. The zero-order valence-electron chi connectivity index (χ0n) is 17.8. The molecule has 0 aliphatic heterocycles. The molecular weight excluding hydrogens is 390 g/mol. The number of nitrogens with one attached hydrogen (secondary N) is 2. The highest BCUT2D eigenvalue weighted by Gasteiger charge is 2.15. The van der Waals surface area contributed by atoms with E-state index in [-0.39, 0.29) is 18.4 Å². The van der Waals surface area contributed by atoms with Gasteiger partial charge in [-0.2, -0.15) is 0 Å². The summed E-state index contributed by atoms with van der Waals surface area (Å²) in [6.07, 6.45) is 0. The van der Waals surface area contributed by atoms with Gasteiger partial charge in [0.05, 0.1) is 13.2 Å². The van der Waals surface area contributed by atoms with Gasteiger partial charge in [0.2, 0.25) is 5.91 Å². The first kappa shape index (κ1) is 21.9. The van der Waals surface area contributed by atoms with Crippen LogP contribution in [0.15, 0.2) is 78.9 Å². The Morgan fingerprint density at radius 1 is 0.839 bits per heavy atom. The maximum Gasteiger partial charge on any atom is 0.258 e. The Morgan fingerprint density at radius 3 is 2.10 bits per heavy atom. The lowest BCUT2D eigenvalue weighted by atomic mass is 10.1. The standard InChI is InChI=1S/C25H27N3O3/c1-3-28(22-8-6-5-7-9-22)25(30)19-10-12-20(13-11-19)26-18-24(29)27-21-14-16-23(17-15-21)31-4-2/h5-17,26H,3-4,18H2,1-2H3,(H,27,29). The van der Waals surface area contributed by atoms with Crippen LogP contribution in [0.4, 0.5) is 17.1 Å². The van der Waals surface area contributed by atoms with Crippen molar-refractivity contribution in [1.29, 1.82) is 0 Å². The maximum absolute atomic E-state index is 12.9. The van der Waals surface area contributed by atoms with Gasteiger partial charge in [0.25, 0.3) is 5.91 Å². The van der Waals surface area contributed by atoms with Crippen LogP contribution in [0.25, 0.3) is 0 Å². The third-order valence-corrected chi connectivity index (χ3v) is 4.66. The van der Waals surface area contributed by atoms with Crippen molar-refractivity contribution in [3.8, 4) is 5.75 Å². The third-order valence-electron chi connectivity index (χ3n) is 4.66. The van der Waals surface area contributed by atoms with Crippen LogP contribution in [0.5, 0.6) is 5.75 Å². The molecule has 0 heterocycles. The van der Waals surface area contributed by atoms with Gasteiger partial charge in [0.1, 0.15) is 5.75 Å². The fourth-order valence-corrected chi connectivity index (χ4v) is 3.13. The molecule has 6 heteroatoms. The molecule has 3 aromatic carbocycles. The summed E-state index contributed by atoms with van der Waals surface area (Å²) in [6.45, 7) is 5.17. The van der Waals surface area contributed by atoms with Crippen molar-refractivity contribution in [1.82, 2.24) is 0 Å². The van der Waals surface area contributed by atoms with E-state index in [1.165, 1.54) is 0 Å². The molecule has 3 rings (SSSR count). The highest BCUT2D eigenvalue weighted by atomic mass is 16.5. The lowest BCUT2D eigenvalue weighted by molar-refractivity contribution is -0.114. The van der Waals surface area contributed by atoms with Crippen LogP contribution in [-0.2, 0) is 4.79 Å². The predicted molar refractivity (Wildman–Crippen MR) is 125 cm³/mol. The van der Waals surface area contributed by atoms with Gasteiger partial charge in [-0.25, -0.2) is 0 Å². The minimum atomic E-state index is -0.162. The van der Waals surface area contributed by atoms with Crippen molar-refractivity contribution in [2.45, 2.75) is 13.8 Å². The fourth-order valence-electron chi connectivity index (χ4n) is 3.13. The zero-order valence-corrected chi connectivity index (χ0v) is 17.8. The van der Waals surface area contributed by atoms with E-state index in [2.05, 4.69) is 10.6 Å². The molecule has 0 aliphatic rings. The number of hydrogen-bond donors (Lipinski definition) is 2. The molecule has 0 atom stereocenters. The molecule has 0 radical (unpaired) electrons. The van der Waals surface area contributed by atoms with E-state index < -0.39 is 0 Å². The predicted octanol–water partition coefficient (Wildman–Crippen LogP) is 4.80. The van der Waals surface area contributed by atoms with Crippen molar-refractivity contribution in [3.05, 3.63) is 84.4 Å². The molecular formula is C25H27N3O3. The van der Waals surface area contributed by atoms with Gasteiger partial charge < -0.3 is 20.3 Å². The SMILES string of the molecule is CCOc1ccc(NC(=O)CNc2ccc(C(=O)N(CC)c3ccccc3)cc2)cc1. The minimum absolute atomic E-state index is 0.0616. The summed E-state index contributed by atoms with van der Waals surface area (Å²) in [5.74, 6) is 0.543. The molecule has 160 valence electrons. The molecule has 6 nitrogen and oxygen atoms in total. The zero-order chi connectivity index (χ0) is 22.1. The molecule has 0 bridgehead atoms. The van der Waals surface area contributed by atoms with Gasteiger partial charge in [0.15, 0.2) is 0 Å². The molecule has 2 amide bonds. The normalized spacial score (nSPS) is 10.3. The smallest absolute Gasteiger partial charge is 0.258 e. The molecule has 3 aromatic rings. The van der Waals surface area contributed by atoms with E-state index in [9.17, 15) is 9.59 Å². The van der Waals surface area contributed by atoms with Crippen molar-refractivity contribution < 1.29 is 14.3 Å². The Balaban J connectivity index is 1.54. The number of carbonyl (C=O) groups excluding carboxylic acids is 2. The number of benzene rings is 3. The Hall–Kier alpha value is -3.80. The summed E-state index contributed by atoms with van der Waals surface area (Å²) in [7, 11) is 0. The van der Waals surface area contributed by atoms with Gasteiger partial charge in [-0.3, -0.25) is 9.59 Å². The quantitative estimate of drug-likeness (QED) is 0.525. The van der Waals surface area contributed by atoms with Gasteiger partial charge in [0, 0.05) is 29.2 Å². The summed E-state index contributed by atoms with van der Waals surface area (Å²) in [5.41, 5.74) is 2.93. The van der Waals surface area contributed by atoms with Crippen LogP contribution in [0.3, 0.4) is 0 Å². The maximum atomic E-state index is 12.9. The van der Waals surface area contributed by atoms with Crippen LogP contribution >= 0.6 is 0 Å². The van der Waals surface area contributed by atoms with Crippen LogP contribution in [0.1, 0.15) is 24.2 Å². The van der Waals surface area contributed by atoms with E-state index in [1.54, 1.807) is 41.3 Å². The highest BCUT2D eigenvalue weighted by molar-refractivity contribution is 6.06. The monoisotopic (exact) mass is 417 g/mol. The molecule has 31 heavy (non-hydrogen) atoms. The van der Waals surface area contributed by atoms with Crippen LogP contribution < -0.4 is 20.3 Å². The third kappa shape index (κ3) is 6.09. The topological polar surface area (TPSA) is 70.7 Å². The molecule has 0 aromatic heterocycles. The number of ether oxygens (including phenoxy) is 1. The summed E-state index contributed by atoms with van der Waals surface area (Å²) < 4.78 is 5.39. The summed E-state index contributed by atoms with van der Waals surface area (Å²) in [4.78, 5) is 26.8. The number of rotatable bonds is 9. The molecule has 0 fully saturated rings. The first-order valence-corrected chi connectivity index (χ1v) is 10.3. The lowest BCUT2D eigenvalue weighted by Gasteiger charge is -2.21. The van der Waals surface area contributed by atoms with Gasteiger partial charge in [-0.05, 0) is 74.5 Å². The van der Waals surface area contributed by atoms with E-state index in [0.29, 0.717) is 24.4 Å². The van der Waals surface area contributed by atoms with E-state index in [0.717, 1.165) is 17.1 Å². The van der Waals surface area contributed by atoms with Crippen LogP contribution in [0, 0.1) is 0 Å². The number of para-hydroxylation sites is 1. The molecule has 0 aliphatic carbocycles. The van der Waals surface area contributed by atoms with Gasteiger partial charge in [-0.1, -0.05) is 18.2 Å². The van der Waals surface area contributed by atoms with Crippen molar-refractivity contribution in [2.24, 2.45) is 0 Å². The van der Waals surface area contributed by atoms with E-state index in [1.807, 2.05) is 56.3 Å². The van der Waals surface area contributed by atoms with E-state index >= 15 is 0 Å². The van der Waals surface area contributed by atoms with Crippen molar-refractivity contribution >= 4 is 28.9 Å². The number of hydrogen-bond acceptors (Lipinski definition) is 4. The Bertz CT molecular complexity index is 987. The average Bonchev–Trinajstić information content (AvgIpc) is 2.81. The largest absolute Gasteiger partial charge is 0.494 e. The van der Waals surface area contributed by atoms with Gasteiger partial charge >= 0.3 is 0 Å². The molecule has 2 N–H and O–H groups in total. The summed E-state index contributed by atoms with van der Waals surface area (Å²) in [5, 5.41) is 5.91. The number of nitrogens with zero attached hydrogens (tertiary/aromatic N) is 1. The fraction of sp³-hybridized carbons (Fsp3) is 0.200. The number of amides is 2. The van der Waals surface area contributed by atoms with E-state index in [4.69, 9.17) is 4.74 Å². The second-order valence-corrected chi connectivity index (χ2v) is 6.82. The average molecular weight is 418 g/mol. The van der Waals surface area contributed by atoms with Crippen LogP contribution in [-0.4, -0.2) is 31.5 Å². The van der Waals surface area contributed by atoms with Crippen LogP contribution in [0.2, 0.25) is 0 Å². The first-order chi connectivity index (χ1) is 15.1. The number of carbonyl (C=O) groups is 2. The van der Waals surface area contributed by atoms with Crippen molar-refractivity contribution in [2.75, 3.05) is 35.2 Å². The Morgan fingerprint density at radius 2 is 1.48 bits per heavy atom. The molecule has 0 unspecified atom stereocenters. The Labute approximate surface area is 182 Å². The van der Waals surface area contributed by atoms with Crippen molar-refractivity contribution in [3.63, 3.8) is 0 Å². The minimum Gasteiger partial charge on any atom is -0.494 e. The lowest BCUT2D eigenvalue weighted by Crippen LogP contribution is -2.30. The molecule has 0 saturated heterocycles. The van der Waals surface area contributed by atoms with Gasteiger partial charge in [-0.15, -0.1) is 0 Å². The second kappa shape index (κ2) is 10.8. The highest BCUT2D eigenvalue weighted by Crippen LogP contribution is 2.18. The summed E-state index contributed by atoms with van der Waals surface area (Å²) >= 11 is 0. The molecule has 0 saturated carbocycles. The second-order valence-electron chi connectivity index (χ2n) is 6.82.